The summed E-state index contributed by atoms with van der Waals surface area (Å²) in [5, 5.41) is 0. The Morgan fingerprint density at radius 1 is 1.15 bits per heavy atom. The van der Waals surface area contributed by atoms with Crippen LogP contribution in [-0.2, 0) is 19.7 Å². The molecule has 0 bridgehead atoms. The van der Waals surface area contributed by atoms with Gasteiger partial charge in [-0.15, -0.1) is 0 Å². The maximum atomic E-state index is 5.86. The zero-order chi connectivity index (χ0) is 14.8. The minimum Gasteiger partial charge on any atom is -0.374 e. The van der Waals surface area contributed by atoms with Gasteiger partial charge in [-0.05, 0) is 37.8 Å². The highest BCUT2D eigenvalue weighted by molar-refractivity contribution is 6.59. The van der Waals surface area contributed by atoms with Crippen LogP contribution in [0, 0.1) is 0 Å². The summed E-state index contributed by atoms with van der Waals surface area (Å²) in [6.07, 6.45) is 3.82. The minimum atomic E-state index is -2.42. The van der Waals surface area contributed by atoms with Crippen molar-refractivity contribution in [2.24, 2.45) is 0 Å². The molecule has 4 heteroatoms. The van der Waals surface area contributed by atoms with E-state index in [0.29, 0.717) is 19.8 Å². The predicted molar refractivity (Wildman–Crippen MR) is 85.7 cm³/mol. The molecule has 0 saturated heterocycles. The largest absolute Gasteiger partial charge is 0.497 e. The van der Waals surface area contributed by atoms with Crippen LogP contribution in [0.15, 0.2) is 30.8 Å². The fourth-order valence-corrected chi connectivity index (χ4v) is 3.87. The Morgan fingerprint density at radius 3 is 2.45 bits per heavy atom. The van der Waals surface area contributed by atoms with Gasteiger partial charge < -0.3 is 13.3 Å². The van der Waals surface area contributed by atoms with Crippen LogP contribution < -0.4 is 0 Å². The number of rotatable bonds is 10. The van der Waals surface area contributed by atoms with Gasteiger partial charge in [0.15, 0.2) is 0 Å². The molecule has 0 aliphatic rings. The molecule has 0 fully saturated rings. The Balaban J connectivity index is 2.37. The molecule has 3 nitrogen and oxygen atoms in total. The summed E-state index contributed by atoms with van der Waals surface area (Å²) >= 11 is 0. The smallest absolute Gasteiger partial charge is 0.374 e. The van der Waals surface area contributed by atoms with Gasteiger partial charge in [0.05, 0.1) is 0 Å². The Hall–Kier alpha value is -0.943. The van der Waals surface area contributed by atoms with Crippen LogP contribution in [0.1, 0.15) is 31.4 Å². The molecule has 0 spiro atoms. The number of benzene rings is 1. The summed E-state index contributed by atoms with van der Waals surface area (Å²) in [5.74, 6) is 0. The second-order valence-electron chi connectivity index (χ2n) is 4.63. The van der Waals surface area contributed by atoms with Crippen LogP contribution in [0.25, 0.3) is 6.08 Å². The lowest BCUT2D eigenvalue weighted by molar-refractivity contribution is 0.0730. The van der Waals surface area contributed by atoms with Crippen LogP contribution in [0.2, 0.25) is 6.55 Å². The normalized spacial score (nSPS) is 11.6. The van der Waals surface area contributed by atoms with Gasteiger partial charge in [0.1, 0.15) is 0 Å². The third-order valence-electron chi connectivity index (χ3n) is 2.97. The van der Waals surface area contributed by atoms with Crippen molar-refractivity contribution in [1.82, 2.24) is 0 Å². The molecule has 0 atom stereocenters. The quantitative estimate of drug-likeness (QED) is 0.483. The standard InChI is InChI=1S/C16H26O3Si/c1-5-15-10-8-11-16(14-15)12-9-13-19-20(4,17-6-2)18-7-3/h5,8,10-11,14H,1,6-7,9,12-13H2,2-4H3. The summed E-state index contributed by atoms with van der Waals surface area (Å²) in [7, 11) is -2.42. The SMILES string of the molecule is C=Cc1cccc(CCCO[Si](C)(OCC)OCC)c1. The molecule has 1 aromatic carbocycles. The highest BCUT2D eigenvalue weighted by Gasteiger charge is 2.33. The molecule has 20 heavy (non-hydrogen) atoms. The Morgan fingerprint density at radius 2 is 1.85 bits per heavy atom. The monoisotopic (exact) mass is 294 g/mol. The van der Waals surface area contributed by atoms with E-state index in [1.165, 1.54) is 5.56 Å². The van der Waals surface area contributed by atoms with E-state index in [9.17, 15) is 0 Å². The molecule has 0 aromatic heterocycles. The lowest BCUT2D eigenvalue weighted by Crippen LogP contribution is -2.42. The third kappa shape index (κ3) is 6.01. The third-order valence-corrected chi connectivity index (χ3v) is 5.33. The van der Waals surface area contributed by atoms with E-state index in [1.807, 2.05) is 26.5 Å². The molecule has 0 saturated carbocycles. The van der Waals surface area contributed by atoms with Crippen molar-refractivity contribution in [2.75, 3.05) is 19.8 Å². The zero-order valence-corrected chi connectivity index (χ0v) is 13.9. The van der Waals surface area contributed by atoms with Crippen molar-refractivity contribution in [2.45, 2.75) is 33.2 Å². The second-order valence-corrected chi connectivity index (χ2v) is 7.22. The maximum absolute atomic E-state index is 5.86. The van der Waals surface area contributed by atoms with Crippen LogP contribution >= 0.6 is 0 Å². The van der Waals surface area contributed by atoms with Gasteiger partial charge in [-0.25, -0.2) is 0 Å². The summed E-state index contributed by atoms with van der Waals surface area (Å²) < 4.78 is 17.1. The average Bonchev–Trinajstić information content (AvgIpc) is 2.44. The summed E-state index contributed by atoms with van der Waals surface area (Å²) in [5.41, 5.74) is 2.47. The van der Waals surface area contributed by atoms with E-state index in [2.05, 4.69) is 30.8 Å². The fraction of sp³-hybridized carbons (Fsp3) is 0.500. The molecule has 0 N–H and O–H groups in total. The highest BCUT2D eigenvalue weighted by atomic mass is 28.4. The summed E-state index contributed by atoms with van der Waals surface area (Å²) in [4.78, 5) is 0. The van der Waals surface area contributed by atoms with Crippen molar-refractivity contribution < 1.29 is 13.3 Å². The Kier molecular flexibility index (Phi) is 7.77. The number of aryl methyl sites for hydroxylation is 1. The lowest BCUT2D eigenvalue weighted by atomic mass is 10.1. The number of hydrogen-bond donors (Lipinski definition) is 0. The first-order valence-electron chi connectivity index (χ1n) is 7.26. The first kappa shape index (κ1) is 17.1. The molecule has 0 unspecified atom stereocenters. The van der Waals surface area contributed by atoms with Crippen LogP contribution in [0.3, 0.4) is 0 Å². The fourth-order valence-electron chi connectivity index (χ4n) is 2.06. The van der Waals surface area contributed by atoms with E-state index in [0.717, 1.165) is 18.4 Å². The summed E-state index contributed by atoms with van der Waals surface area (Å²) in [6, 6.07) is 8.41. The Labute approximate surface area is 123 Å². The van der Waals surface area contributed by atoms with Gasteiger partial charge >= 0.3 is 8.80 Å². The molecule has 112 valence electrons. The highest BCUT2D eigenvalue weighted by Crippen LogP contribution is 2.12. The zero-order valence-electron chi connectivity index (χ0n) is 12.9. The van der Waals surface area contributed by atoms with E-state index in [-0.39, 0.29) is 0 Å². The molecule has 0 radical (unpaired) electrons. The van der Waals surface area contributed by atoms with Crippen molar-refractivity contribution in [3.8, 4) is 0 Å². The van der Waals surface area contributed by atoms with E-state index in [4.69, 9.17) is 13.3 Å². The van der Waals surface area contributed by atoms with Gasteiger partial charge in [-0.1, -0.05) is 36.9 Å². The van der Waals surface area contributed by atoms with Gasteiger partial charge in [0.2, 0.25) is 0 Å². The number of hydrogen-bond acceptors (Lipinski definition) is 3. The molecule has 1 rings (SSSR count). The van der Waals surface area contributed by atoms with Gasteiger partial charge in [0, 0.05) is 26.4 Å². The van der Waals surface area contributed by atoms with Crippen molar-refractivity contribution in [1.29, 1.82) is 0 Å². The van der Waals surface area contributed by atoms with Gasteiger partial charge in [-0.2, -0.15) is 0 Å². The van der Waals surface area contributed by atoms with Gasteiger partial charge in [-0.3, -0.25) is 0 Å². The van der Waals surface area contributed by atoms with E-state index in [1.54, 1.807) is 0 Å². The average molecular weight is 294 g/mol. The van der Waals surface area contributed by atoms with E-state index < -0.39 is 8.80 Å². The van der Waals surface area contributed by atoms with Crippen molar-refractivity contribution in [3.05, 3.63) is 42.0 Å². The first-order valence-corrected chi connectivity index (χ1v) is 9.49. The molecule has 0 amide bonds. The Bertz CT molecular complexity index is 400. The topological polar surface area (TPSA) is 27.7 Å². The first-order chi connectivity index (χ1) is 9.63. The van der Waals surface area contributed by atoms with Crippen LogP contribution in [-0.4, -0.2) is 28.6 Å². The molecule has 0 aliphatic carbocycles. The minimum absolute atomic E-state index is 0.629. The predicted octanol–water partition coefficient (Wildman–Crippen LogP) is 3.92. The van der Waals surface area contributed by atoms with Crippen molar-refractivity contribution in [3.63, 3.8) is 0 Å². The van der Waals surface area contributed by atoms with E-state index >= 15 is 0 Å². The molecular formula is C16H26O3Si. The maximum Gasteiger partial charge on any atom is 0.497 e. The summed E-state index contributed by atoms with van der Waals surface area (Å²) in [6.45, 7) is 11.6. The van der Waals surface area contributed by atoms with Crippen molar-refractivity contribution >= 4 is 14.9 Å². The second kappa shape index (κ2) is 9.08. The van der Waals surface area contributed by atoms with Crippen LogP contribution in [0.4, 0.5) is 0 Å². The molecule has 0 heterocycles. The van der Waals surface area contributed by atoms with Gasteiger partial charge in [0.25, 0.3) is 0 Å². The lowest BCUT2D eigenvalue weighted by Gasteiger charge is -2.25. The molecule has 0 aliphatic heterocycles. The molecule has 1 aromatic rings. The van der Waals surface area contributed by atoms with Crippen LogP contribution in [0.5, 0.6) is 0 Å². The molecular weight excluding hydrogens is 268 g/mol.